The standard InChI is InChI=1S/C24H22Br2N2O4S/c1-15-4-6-16(7-5-15)14-32-22-18(25)10-17(11-19(22)26)12-20-23(30)28(24(31)33-20)13-21(29)27-8-2-3-9-27/h4-7,10-12H,2-3,8-9,13-14H2,1H3/b20-12-. The topological polar surface area (TPSA) is 66.9 Å². The van der Waals surface area contributed by atoms with Crippen LogP contribution in [0.2, 0.25) is 0 Å². The first-order chi connectivity index (χ1) is 15.8. The molecule has 0 bridgehead atoms. The van der Waals surface area contributed by atoms with Crippen molar-refractivity contribution in [2.45, 2.75) is 26.4 Å². The number of likely N-dealkylation sites (tertiary alicyclic amines) is 1. The second kappa shape index (κ2) is 10.4. The molecule has 4 rings (SSSR count). The summed E-state index contributed by atoms with van der Waals surface area (Å²) in [5, 5.41) is -0.421. The molecule has 2 aromatic carbocycles. The summed E-state index contributed by atoms with van der Waals surface area (Å²) in [4.78, 5) is 40.6. The monoisotopic (exact) mass is 592 g/mol. The smallest absolute Gasteiger partial charge is 0.294 e. The molecule has 2 aliphatic rings. The lowest BCUT2D eigenvalue weighted by Gasteiger charge is -2.18. The Kier molecular flexibility index (Phi) is 7.61. The van der Waals surface area contributed by atoms with Crippen molar-refractivity contribution >= 4 is 66.8 Å². The molecule has 2 fully saturated rings. The number of aryl methyl sites for hydroxylation is 1. The average Bonchev–Trinajstić information content (AvgIpc) is 3.39. The second-order valence-electron chi connectivity index (χ2n) is 7.94. The summed E-state index contributed by atoms with van der Waals surface area (Å²) >= 11 is 7.93. The highest BCUT2D eigenvalue weighted by molar-refractivity contribution is 9.11. The van der Waals surface area contributed by atoms with Gasteiger partial charge in [0.05, 0.1) is 13.9 Å². The van der Waals surface area contributed by atoms with Gasteiger partial charge in [-0.2, -0.15) is 0 Å². The number of carbonyl (C=O) groups excluding carboxylic acids is 3. The van der Waals surface area contributed by atoms with Crippen molar-refractivity contribution in [1.82, 2.24) is 9.80 Å². The fourth-order valence-corrected chi connectivity index (χ4v) is 5.92. The van der Waals surface area contributed by atoms with Gasteiger partial charge in [0.15, 0.2) is 0 Å². The highest BCUT2D eigenvalue weighted by atomic mass is 79.9. The molecule has 0 saturated carbocycles. The van der Waals surface area contributed by atoms with Crippen molar-refractivity contribution in [3.8, 4) is 5.75 Å². The maximum absolute atomic E-state index is 12.8. The lowest BCUT2D eigenvalue weighted by molar-refractivity contribution is -0.135. The molecule has 0 aromatic heterocycles. The number of nitrogens with zero attached hydrogens (tertiary/aromatic N) is 2. The van der Waals surface area contributed by atoms with Gasteiger partial charge in [0.2, 0.25) is 5.91 Å². The van der Waals surface area contributed by atoms with E-state index in [4.69, 9.17) is 4.74 Å². The highest BCUT2D eigenvalue weighted by Gasteiger charge is 2.37. The van der Waals surface area contributed by atoms with Crippen LogP contribution in [0.1, 0.15) is 29.5 Å². The number of amides is 3. The molecule has 2 aromatic rings. The number of ether oxygens (including phenoxy) is 1. The fraction of sp³-hybridized carbons (Fsp3) is 0.292. The van der Waals surface area contributed by atoms with E-state index < -0.39 is 11.1 Å². The Balaban J connectivity index is 1.45. The summed E-state index contributed by atoms with van der Waals surface area (Å²) in [6.45, 7) is 3.62. The third-order valence-electron chi connectivity index (χ3n) is 5.45. The van der Waals surface area contributed by atoms with Gasteiger partial charge >= 0.3 is 0 Å². The Bertz CT molecular complexity index is 1100. The van der Waals surface area contributed by atoms with E-state index in [1.807, 2.05) is 43.3 Å². The number of hydrogen-bond donors (Lipinski definition) is 0. The average molecular weight is 594 g/mol. The molecular weight excluding hydrogens is 572 g/mol. The van der Waals surface area contributed by atoms with Crippen LogP contribution in [0.25, 0.3) is 6.08 Å². The maximum atomic E-state index is 12.8. The van der Waals surface area contributed by atoms with E-state index in [1.165, 1.54) is 5.56 Å². The summed E-state index contributed by atoms with van der Waals surface area (Å²) in [7, 11) is 0. The molecule has 33 heavy (non-hydrogen) atoms. The Labute approximate surface area is 213 Å². The number of benzene rings is 2. The van der Waals surface area contributed by atoms with E-state index in [1.54, 1.807) is 11.0 Å². The van der Waals surface area contributed by atoms with E-state index in [2.05, 4.69) is 31.9 Å². The number of hydrogen-bond acceptors (Lipinski definition) is 5. The van der Waals surface area contributed by atoms with Gasteiger partial charge in [0.1, 0.15) is 18.9 Å². The summed E-state index contributed by atoms with van der Waals surface area (Å²) < 4.78 is 7.42. The maximum Gasteiger partial charge on any atom is 0.294 e. The molecule has 2 saturated heterocycles. The molecule has 9 heteroatoms. The van der Waals surface area contributed by atoms with E-state index in [-0.39, 0.29) is 12.5 Å². The third kappa shape index (κ3) is 5.70. The van der Waals surface area contributed by atoms with Gasteiger partial charge in [-0.1, -0.05) is 29.8 Å². The first-order valence-electron chi connectivity index (χ1n) is 10.5. The van der Waals surface area contributed by atoms with Crippen molar-refractivity contribution in [3.63, 3.8) is 0 Å². The van der Waals surface area contributed by atoms with Gasteiger partial charge in [0, 0.05) is 13.1 Å². The molecule has 172 valence electrons. The van der Waals surface area contributed by atoms with Crippen molar-refractivity contribution < 1.29 is 19.1 Å². The molecule has 0 atom stereocenters. The van der Waals surface area contributed by atoms with Gasteiger partial charge in [0.25, 0.3) is 11.1 Å². The van der Waals surface area contributed by atoms with Crippen molar-refractivity contribution in [2.24, 2.45) is 0 Å². The second-order valence-corrected chi connectivity index (χ2v) is 10.6. The van der Waals surface area contributed by atoms with E-state index in [0.29, 0.717) is 30.4 Å². The molecule has 0 N–H and O–H groups in total. The predicted molar refractivity (Wildman–Crippen MR) is 136 cm³/mol. The fourth-order valence-electron chi connectivity index (χ4n) is 3.63. The lowest BCUT2D eigenvalue weighted by atomic mass is 10.1. The van der Waals surface area contributed by atoms with E-state index in [9.17, 15) is 14.4 Å². The quantitative estimate of drug-likeness (QED) is 0.399. The Morgan fingerprint density at radius 3 is 2.36 bits per heavy atom. The van der Waals surface area contributed by atoms with Gasteiger partial charge in [-0.15, -0.1) is 0 Å². The molecule has 0 radical (unpaired) electrons. The normalized spacial score (nSPS) is 17.4. The van der Waals surface area contributed by atoms with Crippen LogP contribution in [0.3, 0.4) is 0 Å². The zero-order chi connectivity index (χ0) is 23.5. The first-order valence-corrected chi connectivity index (χ1v) is 12.9. The minimum Gasteiger partial charge on any atom is -0.487 e. The lowest BCUT2D eigenvalue weighted by Crippen LogP contribution is -2.40. The number of rotatable bonds is 6. The molecule has 0 unspecified atom stereocenters. The van der Waals surface area contributed by atoms with Gasteiger partial charge in [-0.3, -0.25) is 19.3 Å². The Morgan fingerprint density at radius 1 is 1.09 bits per heavy atom. The Morgan fingerprint density at radius 2 is 1.73 bits per heavy atom. The predicted octanol–water partition coefficient (Wildman–Crippen LogP) is 5.76. The van der Waals surface area contributed by atoms with Crippen LogP contribution in [0, 0.1) is 6.92 Å². The molecule has 0 spiro atoms. The highest BCUT2D eigenvalue weighted by Crippen LogP contribution is 2.38. The molecule has 2 heterocycles. The van der Waals surface area contributed by atoms with Gasteiger partial charge in [-0.25, -0.2) is 0 Å². The van der Waals surface area contributed by atoms with Gasteiger partial charge < -0.3 is 9.64 Å². The molecular formula is C24H22Br2N2O4S. The van der Waals surface area contributed by atoms with E-state index >= 15 is 0 Å². The van der Waals surface area contributed by atoms with Crippen LogP contribution in [0.5, 0.6) is 5.75 Å². The number of halogens is 2. The number of imide groups is 1. The van der Waals surface area contributed by atoms with Crippen LogP contribution in [-0.2, 0) is 16.2 Å². The third-order valence-corrected chi connectivity index (χ3v) is 7.53. The SMILES string of the molecule is Cc1ccc(COc2c(Br)cc(/C=C3\SC(=O)N(CC(=O)N4CCCC4)C3=O)cc2Br)cc1. The molecule has 3 amide bonds. The number of thioether (sulfide) groups is 1. The zero-order valence-electron chi connectivity index (χ0n) is 18.0. The Hall–Kier alpha value is -2.10. The van der Waals surface area contributed by atoms with Crippen molar-refractivity contribution in [1.29, 1.82) is 0 Å². The largest absolute Gasteiger partial charge is 0.487 e. The minimum absolute atomic E-state index is 0.184. The summed E-state index contributed by atoms with van der Waals surface area (Å²) in [6, 6.07) is 11.8. The summed E-state index contributed by atoms with van der Waals surface area (Å²) in [5.41, 5.74) is 2.98. The van der Waals surface area contributed by atoms with Crippen LogP contribution >= 0.6 is 43.6 Å². The van der Waals surface area contributed by atoms with Crippen LogP contribution < -0.4 is 4.74 Å². The number of carbonyl (C=O) groups is 3. The molecule has 2 aliphatic heterocycles. The van der Waals surface area contributed by atoms with Crippen LogP contribution in [-0.4, -0.2) is 46.5 Å². The summed E-state index contributed by atoms with van der Waals surface area (Å²) in [5.74, 6) is 0.0261. The zero-order valence-corrected chi connectivity index (χ0v) is 22.0. The van der Waals surface area contributed by atoms with Crippen LogP contribution in [0.4, 0.5) is 4.79 Å². The first kappa shape index (κ1) is 24.0. The summed E-state index contributed by atoms with van der Waals surface area (Å²) in [6.07, 6.45) is 3.58. The van der Waals surface area contributed by atoms with Gasteiger partial charge in [-0.05, 0) is 92.7 Å². The molecule has 0 aliphatic carbocycles. The van der Waals surface area contributed by atoms with Crippen LogP contribution in [0.15, 0.2) is 50.2 Å². The molecule has 6 nitrogen and oxygen atoms in total. The van der Waals surface area contributed by atoms with E-state index in [0.717, 1.165) is 49.6 Å². The minimum atomic E-state index is -0.440. The van der Waals surface area contributed by atoms with Crippen molar-refractivity contribution in [3.05, 3.63) is 66.9 Å². The van der Waals surface area contributed by atoms with Crippen molar-refractivity contribution in [2.75, 3.05) is 19.6 Å².